The summed E-state index contributed by atoms with van der Waals surface area (Å²) in [5.41, 5.74) is 4.62. The third-order valence-electron chi connectivity index (χ3n) is 6.48. The van der Waals surface area contributed by atoms with Crippen molar-refractivity contribution in [3.05, 3.63) is 94.3 Å². The fourth-order valence-corrected chi connectivity index (χ4v) is 6.11. The van der Waals surface area contributed by atoms with Crippen molar-refractivity contribution in [1.29, 1.82) is 0 Å². The molecule has 2 atom stereocenters. The van der Waals surface area contributed by atoms with Crippen LogP contribution in [0, 0.1) is 0 Å². The molecule has 0 spiro atoms. The van der Waals surface area contributed by atoms with Crippen molar-refractivity contribution in [3.63, 3.8) is 0 Å². The molecule has 8 heteroatoms. The van der Waals surface area contributed by atoms with E-state index < -0.39 is 16.0 Å². The number of fused-ring (bicyclic) bond motifs is 1. The molecule has 0 bridgehead atoms. The Morgan fingerprint density at radius 2 is 1.80 bits per heavy atom. The fraction of sp³-hybridized carbons (Fsp3) is 0.333. The number of aromatic nitrogens is 1. The van der Waals surface area contributed by atoms with Gasteiger partial charge in [-0.15, -0.1) is 0 Å². The highest BCUT2D eigenvalue weighted by Crippen LogP contribution is 2.33. The van der Waals surface area contributed by atoms with E-state index in [1.165, 1.54) is 17.7 Å². The van der Waals surface area contributed by atoms with E-state index in [1.807, 2.05) is 12.3 Å². The minimum absolute atomic E-state index is 0.156. The number of nitrogens with zero attached hydrogens (tertiary/aromatic N) is 1. The standard InChI is InChI=1S/C27H29ClN2O4S/c28-23-10-12-25(13-11-23)35(33,34)30-24-16-19-8-9-20(15-22(19)17-24)26(21-5-4-14-29-18-21)6-2-1-3-7-27(31)32/h4-5,8-15,18,24,26,30H,1-3,6-7,16-17H2,(H,31,32). The maximum absolute atomic E-state index is 12.8. The van der Waals surface area contributed by atoms with E-state index in [2.05, 4.69) is 34.0 Å². The predicted octanol–water partition coefficient (Wildman–Crippen LogP) is 5.35. The lowest BCUT2D eigenvalue weighted by molar-refractivity contribution is -0.137. The molecule has 0 saturated carbocycles. The molecule has 4 rings (SSSR count). The number of carboxylic acid groups (broad SMARTS) is 1. The van der Waals surface area contributed by atoms with Crippen LogP contribution in [-0.4, -0.2) is 30.5 Å². The molecule has 6 nitrogen and oxygen atoms in total. The first-order valence-corrected chi connectivity index (χ1v) is 13.7. The SMILES string of the molecule is O=C(O)CCCCCC(c1cccnc1)c1ccc2c(c1)CC(NS(=O)(=O)c1ccc(Cl)cc1)C2. The quantitative estimate of drug-likeness (QED) is 0.338. The van der Waals surface area contributed by atoms with E-state index in [9.17, 15) is 13.2 Å². The van der Waals surface area contributed by atoms with Gasteiger partial charge in [0, 0.05) is 35.8 Å². The smallest absolute Gasteiger partial charge is 0.303 e. The topological polar surface area (TPSA) is 96.4 Å². The summed E-state index contributed by atoms with van der Waals surface area (Å²) < 4.78 is 28.5. The second kappa shape index (κ2) is 11.3. The molecule has 0 radical (unpaired) electrons. The van der Waals surface area contributed by atoms with Gasteiger partial charge in [-0.25, -0.2) is 13.1 Å². The van der Waals surface area contributed by atoms with Crippen LogP contribution in [0.2, 0.25) is 5.02 Å². The van der Waals surface area contributed by atoms with E-state index >= 15 is 0 Å². The molecular formula is C27H29ClN2O4S. The van der Waals surface area contributed by atoms with Crippen LogP contribution in [0.4, 0.5) is 0 Å². The summed E-state index contributed by atoms with van der Waals surface area (Å²) in [5.74, 6) is -0.600. The third kappa shape index (κ3) is 6.69. The van der Waals surface area contributed by atoms with Crippen LogP contribution in [0.15, 0.2) is 71.9 Å². The summed E-state index contributed by atoms with van der Waals surface area (Å²) in [6, 6.07) is 16.4. The molecule has 1 aliphatic rings. The van der Waals surface area contributed by atoms with E-state index in [1.54, 1.807) is 18.3 Å². The molecule has 2 unspecified atom stereocenters. The zero-order valence-corrected chi connectivity index (χ0v) is 20.9. The molecule has 1 heterocycles. The molecule has 3 aromatic rings. The van der Waals surface area contributed by atoms with Crippen molar-refractivity contribution in [2.45, 2.75) is 61.8 Å². The van der Waals surface area contributed by atoms with Gasteiger partial charge in [0.15, 0.2) is 0 Å². The predicted molar refractivity (Wildman–Crippen MR) is 136 cm³/mol. The Balaban J connectivity index is 1.47. The lowest BCUT2D eigenvalue weighted by Crippen LogP contribution is -2.35. The van der Waals surface area contributed by atoms with Crippen LogP contribution in [0.5, 0.6) is 0 Å². The molecular weight excluding hydrogens is 484 g/mol. The minimum Gasteiger partial charge on any atom is -0.481 e. The average Bonchev–Trinajstić information content (AvgIpc) is 3.22. The maximum Gasteiger partial charge on any atom is 0.303 e. The van der Waals surface area contributed by atoms with Crippen LogP contribution < -0.4 is 4.72 Å². The molecule has 0 saturated heterocycles. The largest absolute Gasteiger partial charge is 0.481 e. The average molecular weight is 513 g/mol. The summed E-state index contributed by atoms with van der Waals surface area (Å²) in [7, 11) is -3.63. The molecule has 1 aromatic heterocycles. The molecule has 2 aromatic carbocycles. The van der Waals surface area contributed by atoms with Crippen molar-refractivity contribution < 1.29 is 18.3 Å². The van der Waals surface area contributed by atoms with Crippen molar-refractivity contribution in [1.82, 2.24) is 9.71 Å². The van der Waals surface area contributed by atoms with Gasteiger partial charge in [-0.3, -0.25) is 9.78 Å². The van der Waals surface area contributed by atoms with Gasteiger partial charge < -0.3 is 5.11 Å². The van der Waals surface area contributed by atoms with Crippen molar-refractivity contribution in [2.24, 2.45) is 0 Å². The highest BCUT2D eigenvalue weighted by molar-refractivity contribution is 7.89. The molecule has 2 N–H and O–H groups in total. The fourth-order valence-electron chi connectivity index (χ4n) is 4.75. The summed E-state index contributed by atoms with van der Waals surface area (Å²) in [6.45, 7) is 0. The summed E-state index contributed by atoms with van der Waals surface area (Å²) in [4.78, 5) is 15.3. The second-order valence-corrected chi connectivity index (χ2v) is 11.2. The highest BCUT2D eigenvalue weighted by Gasteiger charge is 2.27. The van der Waals surface area contributed by atoms with Gasteiger partial charge in [0.05, 0.1) is 4.90 Å². The van der Waals surface area contributed by atoms with E-state index in [0.29, 0.717) is 24.3 Å². The first kappa shape index (κ1) is 25.4. The number of hydrogen-bond donors (Lipinski definition) is 2. The molecule has 184 valence electrons. The number of carboxylic acids is 1. The summed E-state index contributed by atoms with van der Waals surface area (Å²) >= 11 is 5.89. The van der Waals surface area contributed by atoms with E-state index in [0.717, 1.165) is 36.0 Å². The van der Waals surface area contributed by atoms with Crippen LogP contribution >= 0.6 is 11.6 Å². The molecule has 35 heavy (non-hydrogen) atoms. The van der Waals surface area contributed by atoms with Gasteiger partial charge in [-0.1, -0.05) is 48.7 Å². The number of aliphatic carboxylic acids is 1. The first-order chi connectivity index (χ1) is 16.8. The molecule has 1 aliphatic carbocycles. The van der Waals surface area contributed by atoms with Gasteiger partial charge in [-0.05, 0) is 78.3 Å². The van der Waals surface area contributed by atoms with Gasteiger partial charge in [0.1, 0.15) is 0 Å². The van der Waals surface area contributed by atoms with Crippen LogP contribution in [0.1, 0.15) is 60.3 Å². The monoisotopic (exact) mass is 512 g/mol. The highest BCUT2D eigenvalue weighted by atomic mass is 35.5. The van der Waals surface area contributed by atoms with Gasteiger partial charge in [0.25, 0.3) is 0 Å². The Morgan fingerprint density at radius 1 is 1.03 bits per heavy atom. The minimum atomic E-state index is -3.63. The van der Waals surface area contributed by atoms with Gasteiger partial charge >= 0.3 is 5.97 Å². The summed E-state index contributed by atoms with van der Waals surface area (Å²) in [5, 5.41) is 9.37. The number of pyridine rings is 1. The Kier molecular flexibility index (Phi) is 8.21. The van der Waals surface area contributed by atoms with Crippen molar-refractivity contribution in [3.8, 4) is 0 Å². The Hall–Kier alpha value is -2.74. The first-order valence-electron chi connectivity index (χ1n) is 11.8. The van der Waals surface area contributed by atoms with Crippen molar-refractivity contribution >= 4 is 27.6 Å². The Labute approximate surface area is 211 Å². The molecule has 0 aliphatic heterocycles. The maximum atomic E-state index is 12.8. The number of nitrogens with one attached hydrogen (secondary N) is 1. The molecule has 0 amide bonds. The van der Waals surface area contributed by atoms with Crippen LogP contribution in [-0.2, 0) is 27.7 Å². The van der Waals surface area contributed by atoms with Gasteiger partial charge in [0.2, 0.25) is 10.0 Å². The zero-order valence-electron chi connectivity index (χ0n) is 19.4. The van der Waals surface area contributed by atoms with E-state index in [-0.39, 0.29) is 23.3 Å². The number of hydrogen-bond acceptors (Lipinski definition) is 4. The lowest BCUT2D eigenvalue weighted by atomic mass is 9.86. The number of unbranched alkanes of at least 4 members (excludes halogenated alkanes) is 2. The van der Waals surface area contributed by atoms with Crippen molar-refractivity contribution in [2.75, 3.05) is 0 Å². The Bertz CT molecular complexity index is 1260. The second-order valence-electron chi connectivity index (χ2n) is 9.04. The normalized spacial score (nSPS) is 16.1. The number of sulfonamides is 1. The number of halogens is 1. The summed E-state index contributed by atoms with van der Waals surface area (Å²) in [6.07, 6.45) is 8.49. The lowest BCUT2D eigenvalue weighted by Gasteiger charge is -2.19. The van der Waals surface area contributed by atoms with Crippen LogP contribution in [0.3, 0.4) is 0 Å². The number of benzene rings is 2. The van der Waals surface area contributed by atoms with Crippen LogP contribution in [0.25, 0.3) is 0 Å². The number of rotatable bonds is 11. The number of carbonyl (C=O) groups is 1. The molecule has 0 fully saturated rings. The Morgan fingerprint density at radius 3 is 2.51 bits per heavy atom. The van der Waals surface area contributed by atoms with Gasteiger partial charge in [-0.2, -0.15) is 0 Å². The third-order valence-corrected chi connectivity index (χ3v) is 8.27. The van der Waals surface area contributed by atoms with E-state index in [4.69, 9.17) is 16.7 Å². The zero-order chi connectivity index (χ0) is 24.8.